The fourth-order valence-corrected chi connectivity index (χ4v) is 2.50. The molecular formula is C11H28NOP. The Morgan fingerprint density at radius 1 is 0.929 bits per heavy atom. The Kier molecular flexibility index (Phi) is 11.8. The quantitative estimate of drug-likeness (QED) is 0.629. The van der Waals surface area contributed by atoms with E-state index >= 15 is 0 Å². The molecule has 0 aromatic heterocycles. The molecule has 0 aromatic carbocycles. The normalized spacial score (nSPS) is 11.1. The van der Waals surface area contributed by atoms with Crippen LogP contribution in [0.25, 0.3) is 0 Å². The molecule has 0 amide bonds. The average molecular weight is 221 g/mol. The van der Waals surface area contributed by atoms with Crippen LogP contribution >= 0.6 is 9.39 Å². The second-order valence-corrected chi connectivity index (χ2v) is 4.32. The van der Waals surface area contributed by atoms with Crippen molar-refractivity contribution < 1.29 is 5.48 Å². The molecule has 0 bridgehead atoms. The predicted molar refractivity (Wildman–Crippen MR) is 68.5 cm³/mol. The molecule has 3 N–H and O–H groups in total. The molecule has 0 heterocycles. The maximum Gasteiger partial charge on any atom is 0.0213 e. The predicted octanol–water partition coefficient (Wildman–Crippen LogP) is 3.07. The van der Waals surface area contributed by atoms with E-state index in [9.17, 15) is 0 Å². The fraction of sp³-hybridized carbons (Fsp3) is 1.00. The second kappa shape index (κ2) is 9.89. The van der Waals surface area contributed by atoms with E-state index in [0.717, 1.165) is 0 Å². The van der Waals surface area contributed by atoms with E-state index in [1.807, 2.05) is 0 Å². The number of nitrogens with one attached hydrogen (secondary N) is 1. The lowest BCUT2D eigenvalue weighted by Crippen LogP contribution is -2.39. The van der Waals surface area contributed by atoms with Gasteiger partial charge in [0.25, 0.3) is 0 Å². The first-order valence-electron chi connectivity index (χ1n) is 5.72. The minimum Gasteiger partial charge on any atom is -0.412 e. The first kappa shape index (κ1) is 16.8. The van der Waals surface area contributed by atoms with Crippen molar-refractivity contribution in [3.63, 3.8) is 0 Å². The Balaban J connectivity index is 0. The summed E-state index contributed by atoms with van der Waals surface area (Å²) < 4.78 is 0. The van der Waals surface area contributed by atoms with E-state index < -0.39 is 0 Å². The molecule has 0 aliphatic rings. The molecule has 0 spiro atoms. The van der Waals surface area contributed by atoms with E-state index in [2.05, 4.69) is 35.2 Å². The van der Waals surface area contributed by atoms with Crippen molar-refractivity contribution in [1.29, 1.82) is 0 Å². The van der Waals surface area contributed by atoms with E-state index in [1.54, 1.807) is 0 Å². The highest BCUT2D eigenvalue weighted by atomic mass is 31.0. The van der Waals surface area contributed by atoms with Crippen molar-refractivity contribution in [3.05, 3.63) is 0 Å². The second-order valence-electron chi connectivity index (χ2n) is 4.03. The molecule has 0 aliphatic heterocycles. The maximum absolute atomic E-state index is 3.47. The first-order chi connectivity index (χ1) is 6.24. The van der Waals surface area contributed by atoms with Gasteiger partial charge in [-0.25, -0.2) is 0 Å². The smallest absolute Gasteiger partial charge is 0.0213 e. The van der Waals surface area contributed by atoms with Gasteiger partial charge in [-0.3, -0.25) is 5.09 Å². The van der Waals surface area contributed by atoms with Crippen molar-refractivity contribution in [1.82, 2.24) is 5.09 Å². The summed E-state index contributed by atoms with van der Waals surface area (Å²) in [5.74, 6) is 0. The van der Waals surface area contributed by atoms with Crippen molar-refractivity contribution in [2.75, 3.05) is 0 Å². The maximum atomic E-state index is 3.47. The largest absolute Gasteiger partial charge is 0.412 e. The van der Waals surface area contributed by atoms with Crippen LogP contribution in [-0.4, -0.2) is 11.0 Å². The summed E-state index contributed by atoms with van der Waals surface area (Å²) in [4.78, 5) is 0. The summed E-state index contributed by atoms with van der Waals surface area (Å²) in [6.45, 7) is 6.82. The average Bonchev–Trinajstić information content (AvgIpc) is 2.15. The highest BCUT2D eigenvalue weighted by Gasteiger charge is 2.24. The van der Waals surface area contributed by atoms with Gasteiger partial charge in [-0.05, 0) is 19.3 Å². The Morgan fingerprint density at radius 3 is 1.71 bits per heavy atom. The zero-order valence-electron chi connectivity index (χ0n) is 10.0. The Bertz CT molecular complexity index is 114. The van der Waals surface area contributed by atoms with Crippen LogP contribution in [0, 0.1) is 0 Å². The lowest BCUT2D eigenvalue weighted by molar-refractivity contribution is 0.300. The van der Waals surface area contributed by atoms with Gasteiger partial charge in [-0.15, -0.1) is 0 Å². The Hall–Kier alpha value is 0.350. The molecule has 1 unspecified atom stereocenters. The third kappa shape index (κ3) is 5.95. The summed E-state index contributed by atoms with van der Waals surface area (Å²) in [5, 5.41) is 3.47. The number of rotatable bonds is 8. The van der Waals surface area contributed by atoms with Crippen LogP contribution in [0.5, 0.6) is 0 Å². The van der Waals surface area contributed by atoms with Crippen LogP contribution in [-0.2, 0) is 0 Å². The molecule has 0 aromatic rings. The molecule has 0 saturated heterocycles. The first-order valence-corrected chi connectivity index (χ1v) is 6.30. The van der Waals surface area contributed by atoms with Crippen LogP contribution in [0.2, 0.25) is 0 Å². The van der Waals surface area contributed by atoms with Crippen LogP contribution in [0.15, 0.2) is 0 Å². The molecule has 3 heteroatoms. The van der Waals surface area contributed by atoms with Gasteiger partial charge >= 0.3 is 0 Å². The van der Waals surface area contributed by atoms with Crippen molar-refractivity contribution >= 4 is 9.39 Å². The van der Waals surface area contributed by atoms with Gasteiger partial charge in [0.15, 0.2) is 0 Å². The van der Waals surface area contributed by atoms with E-state index in [4.69, 9.17) is 0 Å². The van der Waals surface area contributed by atoms with Crippen molar-refractivity contribution in [2.24, 2.45) is 0 Å². The third-order valence-corrected chi connectivity index (χ3v) is 3.38. The standard InChI is InChI=1S/C11H26NP.H2O/c1-4-7-10-11(12-13,8-5-2)9-6-3;/h12H,4-10,13H2,1-3H3;1H2. The minimum absolute atomic E-state index is 0. The molecule has 0 aliphatic carbocycles. The minimum atomic E-state index is 0. The summed E-state index contributed by atoms with van der Waals surface area (Å²) >= 11 is 0. The molecule has 0 fully saturated rings. The van der Waals surface area contributed by atoms with Crippen LogP contribution in [0.1, 0.15) is 65.7 Å². The van der Waals surface area contributed by atoms with Crippen molar-refractivity contribution in [2.45, 2.75) is 71.3 Å². The lowest BCUT2D eigenvalue weighted by atomic mass is 9.85. The molecule has 2 nitrogen and oxygen atoms in total. The van der Waals surface area contributed by atoms with E-state index in [1.165, 1.54) is 44.9 Å². The topological polar surface area (TPSA) is 43.5 Å². The Morgan fingerprint density at radius 2 is 1.43 bits per heavy atom. The van der Waals surface area contributed by atoms with Gasteiger partial charge in [-0.1, -0.05) is 55.8 Å². The molecule has 1 atom stereocenters. The van der Waals surface area contributed by atoms with Gasteiger partial charge < -0.3 is 5.48 Å². The number of unbranched alkanes of at least 4 members (excludes halogenated alkanes) is 1. The Labute approximate surface area is 91.8 Å². The van der Waals surface area contributed by atoms with E-state index in [-0.39, 0.29) is 5.48 Å². The fourth-order valence-electron chi connectivity index (χ4n) is 2.06. The van der Waals surface area contributed by atoms with Crippen LogP contribution < -0.4 is 5.09 Å². The van der Waals surface area contributed by atoms with Gasteiger partial charge in [0.2, 0.25) is 0 Å². The molecular weight excluding hydrogens is 193 g/mol. The summed E-state index contributed by atoms with van der Waals surface area (Å²) in [7, 11) is 2.72. The van der Waals surface area contributed by atoms with Gasteiger partial charge in [-0.2, -0.15) is 0 Å². The SMILES string of the molecule is CCCCC(CCC)(CCC)NP.O. The highest BCUT2D eigenvalue weighted by molar-refractivity contribution is 7.13. The van der Waals surface area contributed by atoms with Gasteiger partial charge in [0, 0.05) is 5.54 Å². The molecule has 0 saturated carbocycles. The molecule has 88 valence electrons. The molecule has 14 heavy (non-hydrogen) atoms. The summed E-state index contributed by atoms with van der Waals surface area (Å²) in [5.41, 5.74) is 0.407. The molecule has 0 radical (unpaired) electrons. The lowest BCUT2D eigenvalue weighted by Gasteiger charge is -2.33. The highest BCUT2D eigenvalue weighted by Crippen LogP contribution is 2.27. The zero-order valence-corrected chi connectivity index (χ0v) is 11.2. The van der Waals surface area contributed by atoms with Crippen molar-refractivity contribution in [3.8, 4) is 0 Å². The van der Waals surface area contributed by atoms with E-state index in [0.29, 0.717) is 5.54 Å². The monoisotopic (exact) mass is 221 g/mol. The van der Waals surface area contributed by atoms with Crippen LogP contribution in [0.4, 0.5) is 0 Å². The van der Waals surface area contributed by atoms with Gasteiger partial charge in [0.05, 0.1) is 0 Å². The number of hydrogen-bond acceptors (Lipinski definition) is 1. The molecule has 0 rings (SSSR count). The summed E-state index contributed by atoms with van der Waals surface area (Å²) in [6.07, 6.45) is 9.17. The number of hydrogen-bond donors (Lipinski definition) is 1. The van der Waals surface area contributed by atoms with Crippen LogP contribution in [0.3, 0.4) is 0 Å². The van der Waals surface area contributed by atoms with Gasteiger partial charge in [0.1, 0.15) is 0 Å². The third-order valence-electron chi connectivity index (χ3n) is 2.77. The zero-order chi connectivity index (χ0) is 10.2. The summed E-state index contributed by atoms with van der Waals surface area (Å²) in [6, 6.07) is 0.